The highest BCUT2D eigenvalue weighted by atomic mass is 32.2. The zero-order valence-electron chi connectivity index (χ0n) is 13.7. The van der Waals surface area contributed by atoms with Crippen LogP contribution < -0.4 is 5.32 Å². The fraction of sp³-hybridized carbons (Fsp3) is 0.733. The van der Waals surface area contributed by atoms with E-state index in [2.05, 4.69) is 15.6 Å². The molecule has 1 aliphatic carbocycles. The van der Waals surface area contributed by atoms with Crippen molar-refractivity contribution < 1.29 is 14.3 Å². The Kier molecular flexibility index (Phi) is 6.88. The number of amides is 1. The first-order chi connectivity index (χ1) is 11.2. The number of rotatable bonds is 7. The highest BCUT2D eigenvalue weighted by Gasteiger charge is 2.24. The van der Waals surface area contributed by atoms with Gasteiger partial charge in [-0.1, -0.05) is 24.5 Å². The van der Waals surface area contributed by atoms with Crippen LogP contribution in [0.25, 0.3) is 0 Å². The number of methoxy groups -OCH3 is 1. The van der Waals surface area contributed by atoms with Crippen molar-refractivity contribution in [3.05, 3.63) is 11.9 Å². The van der Waals surface area contributed by atoms with E-state index >= 15 is 0 Å². The average Bonchev–Trinajstić information content (AvgIpc) is 3.08. The average molecular weight is 340 g/mol. The molecule has 7 nitrogen and oxygen atoms in total. The molecule has 1 heterocycles. The predicted octanol–water partition coefficient (Wildman–Crippen LogP) is 1.81. The van der Waals surface area contributed by atoms with Crippen molar-refractivity contribution in [2.45, 2.75) is 50.6 Å². The maximum absolute atomic E-state index is 12.3. The second-order valence-electron chi connectivity index (χ2n) is 5.71. The van der Waals surface area contributed by atoms with Gasteiger partial charge in [-0.15, -0.1) is 5.10 Å². The first kappa shape index (κ1) is 17.8. The van der Waals surface area contributed by atoms with Gasteiger partial charge in [0.15, 0.2) is 5.69 Å². The van der Waals surface area contributed by atoms with Gasteiger partial charge in [0.2, 0.25) is 0 Å². The van der Waals surface area contributed by atoms with Gasteiger partial charge in [-0.05, 0) is 31.3 Å². The number of nitrogens with zero attached hydrogens (tertiary/aromatic N) is 3. The Hall–Kier alpha value is -1.57. The SMILES string of the molecule is COC(=O)C(CCSC)NC(=O)c1cn(C2CCCCC2)nn1. The quantitative estimate of drug-likeness (QED) is 0.762. The van der Waals surface area contributed by atoms with E-state index in [1.807, 2.05) is 6.26 Å². The van der Waals surface area contributed by atoms with Gasteiger partial charge in [-0.25, -0.2) is 9.48 Å². The molecule has 0 aliphatic heterocycles. The largest absolute Gasteiger partial charge is 0.467 e. The molecule has 1 fully saturated rings. The molecule has 1 aromatic heterocycles. The van der Waals surface area contributed by atoms with E-state index < -0.39 is 12.0 Å². The smallest absolute Gasteiger partial charge is 0.328 e. The number of esters is 1. The number of thioether (sulfide) groups is 1. The Balaban J connectivity index is 1.98. The minimum absolute atomic E-state index is 0.244. The van der Waals surface area contributed by atoms with Crippen molar-refractivity contribution in [3.63, 3.8) is 0 Å². The van der Waals surface area contributed by atoms with Crippen LogP contribution in [-0.2, 0) is 9.53 Å². The van der Waals surface area contributed by atoms with Crippen LogP contribution in [0, 0.1) is 0 Å². The summed E-state index contributed by atoms with van der Waals surface area (Å²) in [6.07, 6.45) is 9.92. The molecule has 1 saturated carbocycles. The van der Waals surface area contributed by atoms with Gasteiger partial charge in [0.05, 0.1) is 19.3 Å². The number of nitrogens with one attached hydrogen (secondary N) is 1. The maximum atomic E-state index is 12.3. The monoisotopic (exact) mass is 340 g/mol. The predicted molar refractivity (Wildman–Crippen MR) is 88.4 cm³/mol. The van der Waals surface area contributed by atoms with Gasteiger partial charge in [0, 0.05) is 0 Å². The molecule has 0 bridgehead atoms. The second-order valence-corrected chi connectivity index (χ2v) is 6.69. The maximum Gasteiger partial charge on any atom is 0.328 e. The molecule has 1 atom stereocenters. The van der Waals surface area contributed by atoms with Gasteiger partial charge in [-0.3, -0.25) is 4.79 Å². The van der Waals surface area contributed by atoms with Crippen LogP contribution in [0.5, 0.6) is 0 Å². The standard InChI is InChI=1S/C15H24N4O3S/c1-22-15(21)12(8-9-23-2)16-14(20)13-10-19(18-17-13)11-6-4-3-5-7-11/h10-12H,3-9H2,1-2H3,(H,16,20). The number of carbonyl (C=O) groups is 2. The van der Waals surface area contributed by atoms with E-state index in [0.717, 1.165) is 18.6 Å². The highest BCUT2D eigenvalue weighted by Crippen LogP contribution is 2.27. The van der Waals surface area contributed by atoms with Crippen LogP contribution in [0.1, 0.15) is 55.1 Å². The molecular formula is C15H24N4O3S. The molecule has 23 heavy (non-hydrogen) atoms. The molecular weight excluding hydrogens is 316 g/mol. The number of hydrogen-bond acceptors (Lipinski definition) is 6. The molecule has 1 amide bonds. The van der Waals surface area contributed by atoms with Crippen LogP contribution in [0.2, 0.25) is 0 Å². The normalized spacial score (nSPS) is 16.8. The van der Waals surface area contributed by atoms with E-state index in [-0.39, 0.29) is 11.6 Å². The Morgan fingerprint density at radius 3 is 2.83 bits per heavy atom. The fourth-order valence-corrected chi connectivity index (χ4v) is 3.24. The van der Waals surface area contributed by atoms with Crippen molar-refractivity contribution in [2.75, 3.05) is 19.1 Å². The zero-order chi connectivity index (χ0) is 16.7. The third kappa shape index (κ3) is 4.95. The van der Waals surface area contributed by atoms with Crippen molar-refractivity contribution in [1.82, 2.24) is 20.3 Å². The molecule has 1 aromatic rings. The molecule has 0 radical (unpaired) electrons. The summed E-state index contributed by atoms with van der Waals surface area (Å²) in [4.78, 5) is 24.0. The lowest BCUT2D eigenvalue weighted by atomic mass is 9.96. The van der Waals surface area contributed by atoms with Crippen LogP contribution >= 0.6 is 11.8 Å². The number of aromatic nitrogens is 3. The second kappa shape index (κ2) is 8.90. The minimum Gasteiger partial charge on any atom is -0.467 e. The Morgan fingerprint density at radius 1 is 1.43 bits per heavy atom. The van der Waals surface area contributed by atoms with Crippen LogP contribution in [0.15, 0.2) is 6.20 Å². The van der Waals surface area contributed by atoms with Crippen molar-refractivity contribution in [2.24, 2.45) is 0 Å². The van der Waals surface area contributed by atoms with Crippen molar-refractivity contribution in [1.29, 1.82) is 0 Å². The first-order valence-electron chi connectivity index (χ1n) is 7.95. The topological polar surface area (TPSA) is 86.1 Å². The molecule has 0 aromatic carbocycles. The zero-order valence-corrected chi connectivity index (χ0v) is 14.5. The van der Waals surface area contributed by atoms with Crippen molar-refractivity contribution in [3.8, 4) is 0 Å². The molecule has 8 heteroatoms. The van der Waals surface area contributed by atoms with Gasteiger partial charge in [-0.2, -0.15) is 11.8 Å². The third-order valence-electron chi connectivity index (χ3n) is 4.09. The number of ether oxygens (including phenoxy) is 1. The van der Waals surface area contributed by atoms with Gasteiger partial charge < -0.3 is 10.1 Å². The van der Waals surface area contributed by atoms with E-state index in [0.29, 0.717) is 12.5 Å². The summed E-state index contributed by atoms with van der Waals surface area (Å²) in [7, 11) is 1.32. The summed E-state index contributed by atoms with van der Waals surface area (Å²) in [5, 5.41) is 10.7. The molecule has 1 N–H and O–H groups in total. The lowest BCUT2D eigenvalue weighted by Gasteiger charge is -2.20. The summed E-state index contributed by atoms with van der Waals surface area (Å²) in [6.45, 7) is 0. The van der Waals surface area contributed by atoms with Crippen LogP contribution in [-0.4, -0.2) is 52.0 Å². The molecule has 0 saturated heterocycles. The Labute approximate surface area is 140 Å². The van der Waals surface area contributed by atoms with E-state index in [1.165, 1.54) is 26.4 Å². The number of carbonyl (C=O) groups excluding carboxylic acids is 2. The van der Waals surface area contributed by atoms with Crippen LogP contribution in [0.4, 0.5) is 0 Å². The fourth-order valence-electron chi connectivity index (χ4n) is 2.76. The molecule has 128 valence electrons. The summed E-state index contributed by atoms with van der Waals surface area (Å²) in [6, 6.07) is -0.328. The summed E-state index contributed by atoms with van der Waals surface area (Å²) in [5.74, 6) is -0.0647. The molecule has 1 unspecified atom stereocenters. The van der Waals surface area contributed by atoms with Gasteiger partial charge in [0.25, 0.3) is 5.91 Å². The molecule has 0 spiro atoms. The summed E-state index contributed by atoms with van der Waals surface area (Å²) >= 11 is 1.61. The Morgan fingerprint density at radius 2 is 2.17 bits per heavy atom. The van der Waals surface area contributed by atoms with Crippen molar-refractivity contribution >= 4 is 23.6 Å². The molecule has 1 aliphatic rings. The molecule has 2 rings (SSSR count). The lowest BCUT2D eigenvalue weighted by molar-refractivity contribution is -0.142. The highest BCUT2D eigenvalue weighted by molar-refractivity contribution is 7.98. The van der Waals surface area contributed by atoms with Gasteiger partial charge >= 0.3 is 5.97 Å². The third-order valence-corrected chi connectivity index (χ3v) is 4.74. The van der Waals surface area contributed by atoms with E-state index in [9.17, 15) is 9.59 Å². The van der Waals surface area contributed by atoms with Crippen LogP contribution in [0.3, 0.4) is 0 Å². The minimum atomic E-state index is -0.653. The van der Waals surface area contributed by atoms with Gasteiger partial charge in [0.1, 0.15) is 6.04 Å². The summed E-state index contributed by atoms with van der Waals surface area (Å²) in [5.41, 5.74) is 0.244. The Bertz CT molecular complexity index is 529. The first-order valence-corrected chi connectivity index (χ1v) is 9.34. The number of hydrogen-bond donors (Lipinski definition) is 1. The summed E-state index contributed by atoms with van der Waals surface area (Å²) < 4.78 is 6.52. The van der Waals surface area contributed by atoms with E-state index in [4.69, 9.17) is 4.74 Å². The lowest BCUT2D eigenvalue weighted by Crippen LogP contribution is -2.42. The van der Waals surface area contributed by atoms with E-state index in [1.54, 1.807) is 22.6 Å².